The highest BCUT2D eigenvalue weighted by Crippen LogP contribution is 2.30. The summed E-state index contributed by atoms with van der Waals surface area (Å²) in [5.74, 6) is 1.52. The smallest absolute Gasteiger partial charge is 0.127 e. The number of nitrogens with two attached hydrogens (primary N) is 1. The van der Waals surface area contributed by atoms with E-state index in [-0.39, 0.29) is 24.2 Å². The fourth-order valence-corrected chi connectivity index (χ4v) is 1.67. The van der Waals surface area contributed by atoms with E-state index in [9.17, 15) is 5.11 Å². The van der Waals surface area contributed by atoms with E-state index in [0.29, 0.717) is 11.7 Å². The van der Waals surface area contributed by atoms with Crippen LogP contribution in [0, 0.1) is 5.92 Å². The van der Waals surface area contributed by atoms with Crippen molar-refractivity contribution in [2.24, 2.45) is 11.7 Å². The number of aromatic hydroxyl groups is 1. The van der Waals surface area contributed by atoms with Gasteiger partial charge in [-0.25, -0.2) is 0 Å². The van der Waals surface area contributed by atoms with Crippen molar-refractivity contribution in [1.82, 2.24) is 0 Å². The molecule has 0 aliphatic heterocycles. The summed E-state index contributed by atoms with van der Waals surface area (Å²) >= 11 is 0. The average Bonchev–Trinajstić information content (AvgIpc) is 2.25. The van der Waals surface area contributed by atoms with Crippen molar-refractivity contribution < 1.29 is 9.84 Å². The van der Waals surface area contributed by atoms with Crippen molar-refractivity contribution >= 4 is 12.4 Å². The highest BCUT2D eigenvalue weighted by atomic mass is 35.5. The van der Waals surface area contributed by atoms with Gasteiger partial charge in [-0.3, -0.25) is 0 Å². The van der Waals surface area contributed by atoms with Gasteiger partial charge in [0.05, 0.1) is 7.11 Å². The van der Waals surface area contributed by atoms with E-state index in [1.807, 2.05) is 6.07 Å². The Morgan fingerprint density at radius 3 is 2.47 bits per heavy atom. The van der Waals surface area contributed by atoms with Gasteiger partial charge >= 0.3 is 0 Å². The molecule has 0 saturated carbocycles. The first kappa shape index (κ1) is 16.1. The van der Waals surface area contributed by atoms with Gasteiger partial charge < -0.3 is 15.6 Å². The monoisotopic (exact) mass is 259 g/mol. The molecular weight excluding hydrogens is 238 g/mol. The average molecular weight is 260 g/mol. The number of phenolic OH excluding ortho intramolecular Hbond substituents is 1. The second-order valence-corrected chi connectivity index (χ2v) is 4.50. The summed E-state index contributed by atoms with van der Waals surface area (Å²) in [5.41, 5.74) is 7.07. The normalized spacial score (nSPS) is 12.1. The Balaban J connectivity index is 0.00000256. The van der Waals surface area contributed by atoms with E-state index >= 15 is 0 Å². The summed E-state index contributed by atoms with van der Waals surface area (Å²) in [6.45, 7) is 4.36. The van der Waals surface area contributed by atoms with Gasteiger partial charge in [0, 0.05) is 17.7 Å². The second kappa shape index (κ2) is 7.41. The van der Waals surface area contributed by atoms with Crippen molar-refractivity contribution in [2.75, 3.05) is 7.11 Å². The molecule has 0 radical (unpaired) electrons. The maximum absolute atomic E-state index is 9.35. The molecule has 3 N–H and O–H groups in total. The molecule has 0 bridgehead atoms. The lowest BCUT2D eigenvalue weighted by atomic mass is 9.97. The Morgan fingerprint density at radius 1 is 1.29 bits per heavy atom. The second-order valence-electron chi connectivity index (χ2n) is 4.50. The summed E-state index contributed by atoms with van der Waals surface area (Å²) in [7, 11) is 1.59. The topological polar surface area (TPSA) is 55.5 Å². The third-order valence-corrected chi connectivity index (χ3v) is 2.67. The van der Waals surface area contributed by atoms with Gasteiger partial charge in [0.1, 0.15) is 11.5 Å². The first-order valence-corrected chi connectivity index (χ1v) is 5.67. The number of halogens is 1. The number of phenols is 1. The van der Waals surface area contributed by atoms with Crippen LogP contribution < -0.4 is 10.5 Å². The molecule has 1 aromatic rings. The molecular formula is C13H22ClNO2. The number of rotatable bonds is 5. The molecule has 0 amide bonds. The van der Waals surface area contributed by atoms with Gasteiger partial charge in [-0.1, -0.05) is 19.9 Å². The van der Waals surface area contributed by atoms with E-state index < -0.39 is 0 Å². The quantitative estimate of drug-likeness (QED) is 0.853. The molecule has 0 spiro atoms. The molecule has 4 heteroatoms. The maximum Gasteiger partial charge on any atom is 0.127 e. The molecule has 0 fully saturated rings. The van der Waals surface area contributed by atoms with Crippen LogP contribution in [0.15, 0.2) is 18.2 Å². The Hall–Kier alpha value is -0.930. The molecule has 98 valence electrons. The molecule has 0 aromatic heterocycles. The van der Waals surface area contributed by atoms with Gasteiger partial charge in [-0.2, -0.15) is 0 Å². The van der Waals surface area contributed by atoms with Crippen molar-refractivity contribution in [3.8, 4) is 11.5 Å². The van der Waals surface area contributed by atoms with E-state index in [2.05, 4.69) is 13.8 Å². The van der Waals surface area contributed by atoms with Crippen LogP contribution in [-0.2, 0) is 0 Å². The van der Waals surface area contributed by atoms with Crippen LogP contribution in [0.1, 0.15) is 38.3 Å². The van der Waals surface area contributed by atoms with Gasteiger partial charge in [-0.05, 0) is 24.8 Å². The first-order chi connectivity index (χ1) is 7.54. The van der Waals surface area contributed by atoms with E-state index in [1.165, 1.54) is 0 Å². The molecule has 17 heavy (non-hydrogen) atoms. The minimum absolute atomic E-state index is 0. The van der Waals surface area contributed by atoms with Crippen LogP contribution >= 0.6 is 12.4 Å². The molecule has 0 aliphatic rings. The predicted molar refractivity (Wildman–Crippen MR) is 72.9 cm³/mol. The van der Waals surface area contributed by atoms with Gasteiger partial charge in [-0.15, -0.1) is 12.4 Å². The van der Waals surface area contributed by atoms with Crippen molar-refractivity contribution in [2.45, 2.75) is 32.7 Å². The van der Waals surface area contributed by atoms with Crippen molar-refractivity contribution in [1.29, 1.82) is 0 Å². The molecule has 0 saturated heterocycles. The molecule has 3 nitrogen and oxygen atoms in total. The Kier molecular flexibility index (Phi) is 7.00. The number of benzene rings is 1. The highest BCUT2D eigenvalue weighted by Gasteiger charge is 2.12. The molecule has 1 atom stereocenters. The molecule has 0 aliphatic carbocycles. The lowest BCUT2D eigenvalue weighted by Crippen LogP contribution is -2.12. The van der Waals surface area contributed by atoms with Crippen molar-refractivity contribution in [3.63, 3.8) is 0 Å². The first-order valence-electron chi connectivity index (χ1n) is 5.67. The third kappa shape index (κ3) is 4.84. The van der Waals surface area contributed by atoms with Gasteiger partial charge in [0.25, 0.3) is 0 Å². The summed E-state index contributed by atoms with van der Waals surface area (Å²) in [6.07, 6.45) is 2.02. The van der Waals surface area contributed by atoms with Gasteiger partial charge in [0.15, 0.2) is 0 Å². The van der Waals surface area contributed by atoms with Gasteiger partial charge in [0.2, 0.25) is 0 Å². The van der Waals surface area contributed by atoms with Crippen LogP contribution in [0.4, 0.5) is 0 Å². The standard InChI is InChI=1S/C13H21NO2.ClH/c1-9(2)4-7-12(14)11-6-5-10(15)8-13(11)16-3;/h5-6,8-9,12,15H,4,7,14H2,1-3H3;1H/t12-;/m1./s1. The van der Waals surface area contributed by atoms with E-state index in [0.717, 1.165) is 18.4 Å². The molecule has 0 heterocycles. The zero-order valence-corrected chi connectivity index (χ0v) is 11.5. The number of methoxy groups -OCH3 is 1. The predicted octanol–water partition coefficient (Wildman–Crippen LogP) is 3.26. The van der Waals surface area contributed by atoms with E-state index in [1.54, 1.807) is 19.2 Å². The molecule has 0 unspecified atom stereocenters. The van der Waals surface area contributed by atoms with Crippen LogP contribution in [0.3, 0.4) is 0 Å². The lowest BCUT2D eigenvalue weighted by Gasteiger charge is -2.16. The fourth-order valence-electron chi connectivity index (χ4n) is 1.67. The highest BCUT2D eigenvalue weighted by molar-refractivity contribution is 5.85. The Morgan fingerprint density at radius 2 is 1.94 bits per heavy atom. The zero-order valence-electron chi connectivity index (χ0n) is 10.6. The summed E-state index contributed by atoms with van der Waals surface area (Å²) < 4.78 is 5.21. The number of ether oxygens (including phenoxy) is 1. The summed E-state index contributed by atoms with van der Waals surface area (Å²) in [5, 5.41) is 9.35. The van der Waals surface area contributed by atoms with Crippen LogP contribution in [0.2, 0.25) is 0 Å². The van der Waals surface area contributed by atoms with Crippen LogP contribution in [0.5, 0.6) is 11.5 Å². The minimum atomic E-state index is -0.0297. The fraction of sp³-hybridized carbons (Fsp3) is 0.538. The van der Waals surface area contributed by atoms with E-state index in [4.69, 9.17) is 10.5 Å². The Bertz CT molecular complexity index is 342. The van der Waals surface area contributed by atoms with Crippen LogP contribution in [-0.4, -0.2) is 12.2 Å². The SMILES string of the molecule is COc1cc(O)ccc1[C@H](N)CCC(C)C.Cl. The van der Waals surface area contributed by atoms with Crippen LogP contribution in [0.25, 0.3) is 0 Å². The minimum Gasteiger partial charge on any atom is -0.508 e. The number of hydrogen-bond donors (Lipinski definition) is 2. The summed E-state index contributed by atoms with van der Waals surface area (Å²) in [6, 6.07) is 5.05. The third-order valence-electron chi connectivity index (χ3n) is 2.67. The zero-order chi connectivity index (χ0) is 12.1. The molecule has 1 aromatic carbocycles. The lowest BCUT2D eigenvalue weighted by molar-refractivity contribution is 0.394. The molecule has 1 rings (SSSR count). The summed E-state index contributed by atoms with van der Waals surface area (Å²) in [4.78, 5) is 0. The Labute approximate surface area is 109 Å². The van der Waals surface area contributed by atoms with Crippen molar-refractivity contribution in [3.05, 3.63) is 23.8 Å². The number of hydrogen-bond acceptors (Lipinski definition) is 3. The maximum atomic E-state index is 9.35. The largest absolute Gasteiger partial charge is 0.508 e.